The Balaban J connectivity index is 1.71. The van der Waals surface area contributed by atoms with Crippen LogP contribution < -0.4 is 5.73 Å². The molecule has 1 heterocycles. The van der Waals surface area contributed by atoms with Crippen LogP contribution in [0.1, 0.15) is 28.0 Å². The molecule has 0 aromatic heterocycles. The Morgan fingerprint density at radius 3 is 2.23 bits per heavy atom. The predicted molar refractivity (Wildman–Crippen MR) is 98.8 cm³/mol. The fourth-order valence-corrected chi connectivity index (χ4v) is 4.11. The molecule has 1 fully saturated rings. The average Bonchev–Trinajstić information content (AvgIpc) is 2.56. The molecule has 0 aliphatic carbocycles. The normalized spacial score (nSPS) is 19.7. The molecule has 0 bridgehead atoms. The summed E-state index contributed by atoms with van der Waals surface area (Å²) >= 11 is 2.48. The molecule has 22 heavy (non-hydrogen) atoms. The second-order valence-electron chi connectivity index (χ2n) is 5.90. The highest BCUT2D eigenvalue weighted by Gasteiger charge is 2.36. The third-order valence-corrected chi connectivity index (χ3v) is 5.99. The van der Waals surface area contributed by atoms with Crippen molar-refractivity contribution in [1.82, 2.24) is 4.90 Å². The summed E-state index contributed by atoms with van der Waals surface area (Å²) in [6.45, 7) is 1.74. The zero-order chi connectivity index (χ0) is 15.6. The quantitative estimate of drug-likeness (QED) is 0.353. The van der Waals surface area contributed by atoms with Crippen molar-refractivity contribution in [3.05, 3.63) is 65.7 Å². The van der Waals surface area contributed by atoms with Gasteiger partial charge in [0, 0.05) is 24.3 Å². The third-order valence-electron chi connectivity index (χ3n) is 4.48. The van der Waals surface area contributed by atoms with E-state index in [4.69, 9.17) is 5.73 Å². The van der Waals surface area contributed by atoms with Crippen LogP contribution in [0.5, 0.6) is 0 Å². The summed E-state index contributed by atoms with van der Waals surface area (Å²) < 4.78 is 0.344. The number of nitrogen functional groups attached to an aromatic ring is 1. The summed E-state index contributed by atoms with van der Waals surface area (Å²) in [4.78, 5) is 2.42. The van der Waals surface area contributed by atoms with Gasteiger partial charge < -0.3 is 10.8 Å². The van der Waals surface area contributed by atoms with Crippen LogP contribution in [0.2, 0.25) is 0 Å². The van der Waals surface area contributed by atoms with Gasteiger partial charge in [0.15, 0.2) is 0 Å². The van der Waals surface area contributed by atoms with E-state index in [-0.39, 0.29) is 0 Å². The lowest BCUT2D eigenvalue weighted by atomic mass is 9.83. The minimum atomic E-state index is -0.797. The zero-order valence-corrected chi connectivity index (χ0v) is 14.6. The van der Waals surface area contributed by atoms with Gasteiger partial charge in [0.1, 0.15) is 0 Å². The second-order valence-corrected chi connectivity index (χ2v) is 7.08. The Morgan fingerprint density at radius 1 is 1.00 bits per heavy atom. The van der Waals surface area contributed by atoms with Gasteiger partial charge in [-0.25, -0.2) is 0 Å². The van der Waals surface area contributed by atoms with Crippen molar-refractivity contribution < 1.29 is 5.11 Å². The summed E-state index contributed by atoms with van der Waals surface area (Å²) in [5.74, 6) is 0. The average molecular weight is 408 g/mol. The number of aliphatic hydroxyl groups is 1. The Hall–Kier alpha value is -1.11. The lowest BCUT2D eigenvalue weighted by molar-refractivity contribution is -0.0267. The number of halogens is 1. The van der Waals surface area contributed by atoms with Crippen LogP contribution in [0.4, 0.5) is 5.69 Å². The van der Waals surface area contributed by atoms with Crippen LogP contribution in [-0.4, -0.2) is 23.1 Å². The molecule has 3 rings (SSSR count). The van der Waals surface area contributed by atoms with Crippen LogP contribution in [0, 0.1) is 0 Å². The van der Waals surface area contributed by atoms with E-state index in [9.17, 15) is 5.11 Å². The van der Waals surface area contributed by atoms with E-state index in [0.29, 0.717) is 22.6 Å². The van der Waals surface area contributed by atoms with Crippen molar-refractivity contribution in [3.8, 4) is 0 Å². The zero-order valence-electron chi connectivity index (χ0n) is 12.5. The van der Waals surface area contributed by atoms with Crippen molar-refractivity contribution in [3.63, 3.8) is 0 Å². The summed E-state index contributed by atoms with van der Waals surface area (Å²) in [7, 11) is 0. The fraction of sp³-hybridized carbons (Fsp3) is 0.333. The molecule has 1 atom stereocenters. The molecule has 3 nitrogen and oxygen atoms in total. The number of alkyl halides is 1. The first-order chi connectivity index (χ1) is 10.6. The largest absolute Gasteiger partial charge is 0.398 e. The molecule has 0 spiro atoms. The molecule has 0 saturated carbocycles. The molecule has 116 valence electrons. The number of anilines is 1. The lowest BCUT2D eigenvalue weighted by Gasteiger charge is -2.41. The van der Waals surface area contributed by atoms with Crippen LogP contribution >= 0.6 is 22.6 Å². The monoisotopic (exact) mass is 408 g/mol. The molecule has 2 aromatic carbocycles. The second kappa shape index (κ2) is 6.56. The maximum absolute atomic E-state index is 11.0. The number of para-hydroxylation sites is 1. The molecule has 3 N–H and O–H groups in total. The Kier molecular flexibility index (Phi) is 4.70. The third kappa shape index (κ3) is 3.14. The molecule has 4 heteroatoms. The number of nitrogens with zero attached hydrogens (tertiary/aromatic N) is 1. The molecule has 2 aromatic rings. The maximum Gasteiger partial charge on any atom is 0.0940 e. The van der Waals surface area contributed by atoms with E-state index in [2.05, 4.69) is 51.8 Å². The van der Waals surface area contributed by atoms with Gasteiger partial charge >= 0.3 is 0 Å². The van der Waals surface area contributed by atoms with E-state index in [0.717, 1.165) is 18.7 Å². The molecule has 0 amide bonds. The van der Waals surface area contributed by atoms with Crippen molar-refractivity contribution in [2.24, 2.45) is 0 Å². The first-order valence-corrected chi connectivity index (χ1v) is 8.85. The van der Waals surface area contributed by atoms with Gasteiger partial charge in [0.05, 0.1) is 9.65 Å². The molecule has 1 aliphatic rings. The summed E-state index contributed by atoms with van der Waals surface area (Å²) in [5, 5.41) is 11.0. The van der Waals surface area contributed by atoms with Gasteiger partial charge in [-0.1, -0.05) is 71.1 Å². The van der Waals surface area contributed by atoms with Gasteiger partial charge in [-0.3, -0.25) is 4.90 Å². The topological polar surface area (TPSA) is 49.5 Å². The van der Waals surface area contributed by atoms with Crippen LogP contribution in [0.15, 0.2) is 54.6 Å². The van der Waals surface area contributed by atoms with Crippen molar-refractivity contribution in [1.29, 1.82) is 0 Å². The number of nitrogens with two attached hydrogens (primary N) is 1. The highest BCUT2D eigenvalue weighted by Crippen LogP contribution is 2.39. The standard InChI is InChI=1S/C18H21IN2O/c19-17(14-6-2-1-3-7-14)21-12-10-18(22,11-13-21)15-8-4-5-9-16(15)20/h1-9,17,22H,10-13,20H2. The Morgan fingerprint density at radius 2 is 1.59 bits per heavy atom. The van der Waals surface area contributed by atoms with Gasteiger partial charge in [-0.05, 0) is 24.5 Å². The lowest BCUT2D eigenvalue weighted by Crippen LogP contribution is -2.43. The summed E-state index contributed by atoms with van der Waals surface area (Å²) in [6, 6.07) is 18.2. The smallest absolute Gasteiger partial charge is 0.0940 e. The van der Waals surface area contributed by atoms with Gasteiger partial charge in [-0.15, -0.1) is 0 Å². The molecule has 1 aliphatic heterocycles. The van der Waals surface area contributed by atoms with E-state index in [1.165, 1.54) is 5.56 Å². The molecule has 1 saturated heterocycles. The van der Waals surface area contributed by atoms with Crippen molar-refractivity contribution >= 4 is 28.3 Å². The van der Waals surface area contributed by atoms with Crippen LogP contribution in [0.25, 0.3) is 0 Å². The van der Waals surface area contributed by atoms with E-state index >= 15 is 0 Å². The summed E-state index contributed by atoms with van der Waals surface area (Å²) in [5.41, 5.74) is 8.12. The number of piperidine rings is 1. The van der Waals surface area contributed by atoms with E-state index in [1.807, 2.05) is 30.3 Å². The minimum absolute atomic E-state index is 0.344. The number of likely N-dealkylation sites (tertiary alicyclic amines) is 1. The number of benzene rings is 2. The Labute approximate surface area is 145 Å². The van der Waals surface area contributed by atoms with Crippen LogP contribution in [0.3, 0.4) is 0 Å². The maximum atomic E-state index is 11.0. The van der Waals surface area contributed by atoms with Gasteiger partial charge in [-0.2, -0.15) is 0 Å². The van der Waals surface area contributed by atoms with E-state index < -0.39 is 5.60 Å². The minimum Gasteiger partial charge on any atom is -0.398 e. The number of rotatable bonds is 3. The predicted octanol–water partition coefficient (Wildman–Crippen LogP) is 3.69. The molecule has 0 radical (unpaired) electrons. The Bertz CT molecular complexity index is 624. The van der Waals surface area contributed by atoms with Crippen molar-refractivity contribution in [2.45, 2.75) is 22.5 Å². The SMILES string of the molecule is Nc1ccccc1C1(O)CCN(C(I)c2ccccc2)CC1. The molecular weight excluding hydrogens is 387 g/mol. The number of hydrogen-bond donors (Lipinski definition) is 2. The van der Waals surface area contributed by atoms with E-state index in [1.54, 1.807) is 0 Å². The molecule has 1 unspecified atom stereocenters. The van der Waals surface area contributed by atoms with Crippen LogP contribution in [-0.2, 0) is 5.60 Å². The number of hydrogen-bond acceptors (Lipinski definition) is 3. The molecular formula is C18H21IN2O. The van der Waals surface area contributed by atoms with Gasteiger partial charge in [0.25, 0.3) is 0 Å². The fourth-order valence-electron chi connectivity index (χ4n) is 3.13. The first-order valence-electron chi connectivity index (χ1n) is 7.60. The highest BCUT2D eigenvalue weighted by molar-refractivity contribution is 14.1. The summed E-state index contributed by atoms with van der Waals surface area (Å²) in [6.07, 6.45) is 1.43. The van der Waals surface area contributed by atoms with Gasteiger partial charge in [0.2, 0.25) is 0 Å². The van der Waals surface area contributed by atoms with Crippen molar-refractivity contribution in [2.75, 3.05) is 18.8 Å². The first kappa shape index (κ1) is 15.8. The highest BCUT2D eigenvalue weighted by atomic mass is 127.